The Bertz CT molecular complexity index is 1140. The van der Waals surface area contributed by atoms with Crippen molar-refractivity contribution in [3.63, 3.8) is 0 Å². The Morgan fingerprint density at radius 3 is 1.79 bits per heavy atom. The summed E-state index contributed by atoms with van der Waals surface area (Å²) in [5.41, 5.74) is 2.93. The molecule has 0 aliphatic rings. The van der Waals surface area contributed by atoms with Crippen LogP contribution in [-0.2, 0) is 14.4 Å². The predicted molar refractivity (Wildman–Crippen MR) is 132 cm³/mol. The van der Waals surface area contributed by atoms with E-state index in [1.54, 1.807) is 42.5 Å². The van der Waals surface area contributed by atoms with Crippen molar-refractivity contribution in [3.8, 4) is 11.5 Å². The number of carbonyl (C=O) groups is 3. The van der Waals surface area contributed by atoms with Gasteiger partial charge in [0.15, 0.2) is 17.5 Å². The van der Waals surface area contributed by atoms with Crippen molar-refractivity contribution in [1.82, 2.24) is 0 Å². The summed E-state index contributed by atoms with van der Waals surface area (Å²) in [5.74, 6) is -2.87. The normalized spacial score (nSPS) is 11.9. The smallest absolute Gasteiger partial charge is 0.243 e. The first-order chi connectivity index (χ1) is 16.4. The van der Waals surface area contributed by atoms with Crippen molar-refractivity contribution in [2.45, 2.75) is 6.92 Å². The minimum Gasteiger partial charge on any atom is -0.508 e. The molecule has 0 fully saturated rings. The molecule has 3 aromatic rings. The fourth-order valence-corrected chi connectivity index (χ4v) is 3.10. The van der Waals surface area contributed by atoms with Crippen LogP contribution in [0.25, 0.3) is 12.2 Å². The number of amides is 1. The number of nitrogens with one attached hydrogen (secondary N) is 1. The van der Waals surface area contributed by atoms with Crippen LogP contribution in [0.1, 0.15) is 16.7 Å². The molecule has 3 rings (SSSR count). The first-order valence-corrected chi connectivity index (χ1v) is 10.6. The number of hydrogen-bond acceptors (Lipinski definition) is 5. The second-order valence-electron chi connectivity index (χ2n) is 7.62. The zero-order valence-corrected chi connectivity index (χ0v) is 18.9. The molecular weight excluding hydrogens is 430 g/mol. The molecule has 172 valence electrons. The second kappa shape index (κ2) is 11.4. The fraction of sp³-hybridized carbons (Fsp3) is 0.107. The second-order valence-corrected chi connectivity index (χ2v) is 7.62. The van der Waals surface area contributed by atoms with Gasteiger partial charge in [-0.3, -0.25) is 14.4 Å². The van der Waals surface area contributed by atoms with Crippen LogP contribution in [0.4, 0.5) is 5.69 Å². The number of rotatable bonds is 9. The lowest BCUT2D eigenvalue weighted by Gasteiger charge is -2.12. The minimum absolute atomic E-state index is 0.0941. The van der Waals surface area contributed by atoms with Crippen LogP contribution in [0.2, 0.25) is 0 Å². The Morgan fingerprint density at radius 2 is 1.29 bits per heavy atom. The van der Waals surface area contributed by atoms with Crippen LogP contribution in [-0.4, -0.2) is 29.7 Å². The highest BCUT2D eigenvalue weighted by Gasteiger charge is 2.31. The Kier molecular flexibility index (Phi) is 8.13. The number of aryl methyl sites for hydroxylation is 1. The van der Waals surface area contributed by atoms with Gasteiger partial charge in [0.2, 0.25) is 5.91 Å². The quantitative estimate of drug-likeness (QED) is 0.356. The third kappa shape index (κ3) is 6.77. The SMILES string of the molecule is COc1ccc(NC(=O)C(C(=O)/C=C/c2ccc(C)cc2)C(=O)/C=C/c2ccc(O)cc2)cc1. The average molecular weight is 456 g/mol. The number of ketones is 2. The number of anilines is 1. The van der Waals surface area contributed by atoms with Gasteiger partial charge in [-0.15, -0.1) is 0 Å². The molecule has 34 heavy (non-hydrogen) atoms. The number of phenolic OH excluding ortho intramolecular Hbond substituents is 1. The van der Waals surface area contributed by atoms with Gasteiger partial charge in [0.25, 0.3) is 0 Å². The third-order valence-electron chi connectivity index (χ3n) is 5.04. The summed E-state index contributed by atoms with van der Waals surface area (Å²) in [6.07, 6.45) is 5.51. The number of allylic oxidation sites excluding steroid dienone is 2. The summed E-state index contributed by atoms with van der Waals surface area (Å²) in [4.78, 5) is 38.9. The highest BCUT2D eigenvalue weighted by Crippen LogP contribution is 2.18. The highest BCUT2D eigenvalue weighted by atomic mass is 16.5. The Morgan fingerprint density at radius 1 is 0.794 bits per heavy atom. The van der Waals surface area contributed by atoms with E-state index in [4.69, 9.17) is 4.74 Å². The molecule has 0 saturated carbocycles. The summed E-state index contributed by atoms with van der Waals surface area (Å²) < 4.78 is 5.11. The molecule has 0 aliphatic carbocycles. The van der Waals surface area contributed by atoms with Crippen molar-refractivity contribution in [2.75, 3.05) is 12.4 Å². The zero-order chi connectivity index (χ0) is 24.5. The Balaban J connectivity index is 1.83. The molecule has 0 bridgehead atoms. The van der Waals surface area contributed by atoms with Gasteiger partial charge in [0.1, 0.15) is 11.5 Å². The maximum absolute atomic E-state index is 13.0. The molecule has 0 aromatic heterocycles. The van der Waals surface area contributed by atoms with E-state index in [2.05, 4.69) is 5.32 Å². The van der Waals surface area contributed by atoms with Gasteiger partial charge < -0.3 is 15.2 Å². The summed E-state index contributed by atoms with van der Waals surface area (Å²) >= 11 is 0. The Labute approximate surface area is 198 Å². The number of phenols is 1. The molecule has 3 aromatic carbocycles. The lowest BCUT2D eigenvalue weighted by Crippen LogP contribution is -2.34. The number of ether oxygens (including phenoxy) is 1. The van der Waals surface area contributed by atoms with E-state index in [1.165, 1.54) is 37.5 Å². The summed E-state index contributed by atoms with van der Waals surface area (Å²) in [6, 6.07) is 20.3. The topological polar surface area (TPSA) is 92.7 Å². The summed E-state index contributed by atoms with van der Waals surface area (Å²) in [6.45, 7) is 1.96. The molecule has 0 saturated heterocycles. The van der Waals surface area contributed by atoms with Gasteiger partial charge in [-0.05, 0) is 66.6 Å². The molecule has 0 aliphatic heterocycles. The number of methoxy groups -OCH3 is 1. The average Bonchev–Trinajstić information content (AvgIpc) is 2.84. The lowest BCUT2D eigenvalue weighted by atomic mass is 9.95. The van der Waals surface area contributed by atoms with Crippen LogP contribution in [0.5, 0.6) is 11.5 Å². The largest absolute Gasteiger partial charge is 0.508 e. The van der Waals surface area contributed by atoms with Crippen molar-refractivity contribution in [3.05, 3.63) is 102 Å². The monoisotopic (exact) mass is 455 g/mol. The van der Waals surface area contributed by atoms with Crippen molar-refractivity contribution in [2.24, 2.45) is 5.92 Å². The number of benzene rings is 3. The minimum atomic E-state index is -1.56. The van der Waals surface area contributed by atoms with Crippen molar-refractivity contribution < 1.29 is 24.2 Å². The number of aromatic hydroxyl groups is 1. The fourth-order valence-electron chi connectivity index (χ4n) is 3.10. The van der Waals surface area contributed by atoms with E-state index in [0.29, 0.717) is 17.0 Å². The van der Waals surface area contributed by atoms with Gasteiger partial charge >= 0.3 is 0 Å². The van der Waals surface area contributed by atoms with Crippen LogP contribution >= 0.6 is 0 Å². The van der Waals surface area contributed by atoms with Crippen molar-refractivity contribution in [1.29, 1.82) is 0 Å². The Hall–Kier alpha value is -4.45. The first kappa shape index (κ1) is 24.2. The molecule has 6 nitrogen and oxygen atoms in total. The van der Waals surface area contributed by atoms with Gasteiger partial charge in [-0.2, -0.15) is 0 Å². The third-order valence-corrected chi connectivity index (χ3v) is 5.04. The maximum Gasteiger partial charge on any atom is 0.243 e. The molecular formula is C28H25NO5. The zero-order valence-electron chi connectivity index (χ0n) is 18.9. The van der Waals surface area contributed by atoms with E-state index in [-0.39, 0.29) is 5.75 Å². The molecule has 0 radical (unpaired) electrons. The van der Waals surface area contributed by atoms with Crippen LogP contribution < -0.4 is 10.1 Å². The standard InChI is InChI=1S/C28H25NO5/c1-19-3-5-20(6-4-19)9-17-25(31)27(26(32)18-10-21-7-13-23(30)14-8-21)28(33)29-22-11-15-24(34-2)16-12-22/h3-18,27,30H,1-2H3,(H,29,33)/b17-9+,18-10+. The van der Waals surface area contributed by atoms with E-state index in [9.17, 15) is 19.5 Å². The van der Waals surface area contributed by atoms with Crippen molar-refractivity contribution >= 4 is 35.3 Å². The van der Waals surface area contributed by atoms with Gasteiger partial charge in [-0.1, -0.05) is 54.1 Å². The highest BCUT2D eigenvalue weighted by molar-refractivity contribution is 6.28. The van der Waals surface area contributed by atoms with Gasteiger partial charge in [0, 0.05) is 5.69 Å². The number of carbonyl (C=O) groups excluding carboxylic acids is 3. The molecule has 1 atom stereocenters. The molecule has 0 spiro atoms. The molecule has 0 heterocycles. The first-order valence-electron chi connectivity index (χ1n) is 10.6. The van der Waals surface area contributed by atoms with Gasteiger partial charge in [-0.25, -0.2) is 0 Å². The molecule has 6 heteroatoms. The molecule has 1 unspecified atom stereocenters. The lowest BCUT2D eigenvalue weighted by molar-refractivity contribution is -0.134. The van der Waals surface area contributed by atoms with E-state index < -0.39 is 23.4 Å². The molecule has 1 amide bonds. The van der Waals surface area contributed by atoms with E-state index in [0.717, 1.165) is 11.1 Å². The maximum atomic E-state index is 13.0. The van der Waals surface area contributed by atoms with Crippen LogP contribution in [0.3, 0.4) is 0 Å². The van der Waals surface area contributed by atoms with Crippen LogP contribution in [0, 0.1) is 12.8 Å². The predicted octanol–water partition coefficient (Wildman–Crippen LogP) is 4.83. The number of hydrogen-bond donors (Lipinski definition) is 2. The van der Waals surface area contributed by atoms with Crippen LogP contribution in [0.15, 0.2) is 84.9 Å². The molecule has 2 N–H and O–H groups in total. The van der Waals surface area contributed by atoms with E-state index >= 15 is 0 Å². The van der Waals surface area contributed by atoms with E-state index in [1.807, 2.05) is 31.2 Å². The summed E-state index contributed by atoms with van der Waals surface area (Å²) in [5, 5.41) is 12.0. The van der Waals surface area contributed by atoms with Gasteiger partial charge in [0.05, 0.1) is 7.11 Å². The summed E-state index contributed by atoms with van der Waals surface area (Å²) in [7, 11) is 1.53.